The first-order valence-corrected chi connectivity index (χ1v) is 11.3. The van der Waals surface area contributed by atoms with Crippen LogP contribution in [-0.4, -0.2) is 9.13 Å². The fraction of sp³-hybridized carbons (Fsp3) is 0.333. The Morgan fingerprint density at radius 1 is 0.600 bits per heavy atom. The van der Waals surface area contributed by atoms with Crippen LogP contribution in [0.2, 0.25) is 0 Å². The molecule has 0 aliphatic heterocycles. The monoisotopic (exact) mass is 506 g/mol. The molecule has 2 rings (SSSR count). The Bertz CT molecular complexity index is 815. The molecule has 0 aliphatic carbocycles. The molecule has 0 unspecified atom stereocenters. The first-order chi connectivity index (χ1) is 12.6. The van der Waals surface area contributed by atoms with Gasteiger partial charge in [-0.25, -0.2) is 18.3 Å². The van der Waals surface area contributed by atoms with Gasteiger partial charge < -0.3 is 0 Å². The predicted octanol–water partition coefficient (Wildman–Crippen LogP) is 6.41. The first kappa shape index (κ1) is 28.0. The summed E-state index contributed by atoms with van der Waals surface area (Å²) >= 11 is 0. The Balaban J connectivity index is 0.000000503. The molecule has 0 bridgehead atoms. The number of hydrogen-bond donors (Lipinski definition) is 0. The zero-order chi connectivity index (χ0) is 24.2. The Hall–Kier alpha value is -2.00. The number of nitrogens with zero attached hydrogens (tertiary/aromatic N) is 4. The van der Waals surface area contributed by atoms with E-state index in [-0.39, 0.29) is 0 Å². The molecule has 0 aromatic carbocycles. The molecule has 18 heteroatoms. The summed E-state index contributed by atoms with van der Waals surface area (Å²) in [5, 5.41) is 0. The minimum absolute atomic E-state index is 0.744. The number of aryl methyl sites for hydroxylation is 2. The summed E-state index contributed by atoms with van der Waals surface area (Å²) in [4.78, 5) is 0. The van der Waals surface area contributed by atoms with Crippen LogP contribution in [0.1, 0.15) is 0 Å². The molecule has 0 radical (unpaired) electrons. The SMILES string of the molecule is C[n+]1ccn(CC#CCn2cc[n+](C)c2)c1.F[P-](F)(F)(F)(F)F.F[P-](F)(F)(F)(F)F. The van der Waals surface area contributed by atoms with Gasteiger partial charge in [-0.3, -0.25) is 0 Å². The number of halogens is 12. The summed E-state index contributed by atoms with van der Waals surface area (Å²) in [5.41, 5.74) is 0. The number of hydrogen-bond acceptors (Lipinski definition) is 0. The number of aromatic nitrogens is 4. The van der Waals surface area contributed by atoms with E-state index >= 15 is 0 Å². The van der Waals surface area contributed by atoms with Crippen LogP contribution in [0, 0.1) is 11.8 Å². The Morgan fingerprint density at radius 2 is 0.833 bits per heavy atom. The fourth-order valence-electron chi connectivity index (χ4n) is 1.48. The van der Waals surface area contributed by atoms with Gasteiger partial charge in [-0.15, -0.1) is 0 Å². The van der Waals surface area contributed by atoms with Gasteiger partial charge in [0.1, 0.15) is 24.8 Å². The van der Waals surface area contributed by atoms with Gasteiger partial charge in [-0.2, -0.15) is 0 Å². The third-order valence-electron chi connectivity index (χ3n) is 2.30. The molecule has 2 heterocycles. The summed E-state index contributed by atoms with van der Waals surface area (Å²) in [5.74, 6) is 6.28. The molecule has 0 spiro atoms. The summed E-state index contributed by atoms with van der Waals surface area (Å²) < 4.78 is 127. The van der Waals surface area contributed by atoms with Crippen LogP contribution in [0.4, 0.5) is 50.4 Å². The Morgan fingerprint density at radius 3 is 1.00 bits per heavy atom. The van der Waals surface area contributed by atoms with Crippen molar-refractivity contribution >= 4 is 15.6 Å². The molecule has 0 atom stereocenters. The molecule has 0 N–H and O–H groups in total. The van der Waals surface area contributed by atoms with Crippen molar-refractivity contribution in [1.29, 1.82) is 0 Å². The van der Waals surface area contributed by atoms with Gasteiger partial charge in [0.2, 0.25) is 12.7 Å². The van der Waals surface area contributed by atoms with Gasteiger partial charge in [-0.05, 0) is 0 Å². The van der Waals surface area contributed by atoms with E-state index in [1.54, 1.807) is 0 Å². The van der Waals surface area contributed by atoms with Gasteiger partial charge in [0.25, 0.3) is 0 Å². The van der Waals surface area contributed by atoms with Gasteiger partial charge >= 0.3 is 66.0 Å². The molecule has 4 nitrogen and oxygen atoms in total. The minimum atomic E-state index is -10.7. The van der Waals surface area contributed by atoms with Crippen molar-refractivity contribution in [3.8, 4) is 11.8 Å². The average molecular weight is 506 g/mol. The summed E-state index contributed by atoms with van der Waals surface area (Å²) in [7, 11) is -17.3. The average Bonchev–Trinajstić information content (AvgIpc) is 2.96. The van der Waals surface area contributed by atoms with Crippen molar-refractivity contribution in [1.82, 2.24) is 9.13 Å². The zero-order valence-electron chi connectivity index (χ0n) is 15.1. The van der Waals surface area contributed by atoms with E-state index in [0.717, 1.165) is 13.1 Å². The second kappa shape index (κ2) is 7.30. The van der Waals surface area contributed by atoms with E-state index in [4.69, 9.17) is 0 Å². The summed E-state index contributed by atoms with van der Waals surface area (Å²) in [6, 6.07) is 0. The van der Waals surface area contributed by atoms with Crippen molar-refractivity contribution in [3.63, 3.8) is 0 Å². The van der Waals surface area contributed by atoms with Crippen molar-refractivity contribution in [3.05, 3.63) is 37.4 Å². The van der Waals surface area contributed by atoms with E-state index in [9.17, 15) is 50.4 Å². The van der Waals surface area contributed by atoms with E-state index in [1.165, 1.54) is 0 Å². The molecule has 0 amide bonds. The molecule has 30 heavy (non-hydrogen) atoms. The second-order valence-corrected chi connectivity index (χ2v) is 9.61. The van der Waals surface area contributed by atoms with Crippen LogP contribution in [0.15, 0.2) is 37.4 Å². The topological polar surface area (TPSA) is 17.6 Å². The van der Waals surface area contributed by atoms with Crippen molar-refractivity contribution in [2.75, 3.05) is 0 Å². The molecule has 0 aliphatic rings. The van der Waals surface area contributed by atoms with Crippen molar-refractivity contribution < 1.29 is 59.5 Å². The first-order valence-electron chi connectivity index (χ1n) is 7.24. The van der Waals surface area contributed by atoms with Crippen LogP contribution in [-0.2, 0) is 27.2 Å². The predicted molar refractivity (Wildman–Crippen MR) is 86.1 cm³/mol. The van der Waals surface area contributed by atoms with Crippen LogP contribution < -0.4 is 9.13 Å². The van der Waals surface area contributed by atoms with Gasteiger partial charge in [0, 0.05) is 0 Å². The van der Waals surface area contributed by atoms with Crippen LogP contribution in [0.3, 0.4) is 0 Å². The molecule has 2 aromatic rings. The number of rotatable bonds is 2. The summed E-state index contributed by atoms with van der Waals surface area (Å²) in [6.07, 6.45) is 12.1. The molecular weight excluding hydrogens is 490 g/mol. The van der Waals surface area contributed by atoms with Crippen molar-refractivity contribution in [2.45, 2.75) is 13.1 Å². The molecule has 0 saturated carbocycles. The van der Waals surface area contributed by atoms with Crippen molar-refractivity contribution in [2.24, 2.45) is 14.1 Å². The van der Waals surface area contributed by atoms with E-state index in [0.29, 0.717) is 0 Å². The third-order valence-corrected chi connectivity index (χ3v) is 2.30. The Kier molecular flexibility index (Phi) is 6.81. The van der Waals surface area contributed by atoms with Crippen LogP contribution >= 0.6 is 15.6 Å². The quantitative estimate of drug-likeness (QED) is 0.194. The normalized spacial score (nSPS) is 16.1. The van der Waals surface area contributed by atoms with Crippen LogP contribution in [0.5, 0.6) is 0 Å². The van der Waals surface area contributed by atoms with E-state index in [2.05, 4.69) is 21.0 Å². The molecule has 178 valence electrons. The second-order valence-electron chi connectivity index (χ2n) is 5.77. The zero-order valence-corrected chi connectivity index (χ0v) is 16.9. The number of imidazole rings is 2. The summed E-state index contributed by atoms with van der Waals surface area (Å²) in [6.45, 7) is 1.49. The van der Waals surface area contributed by atoms with Gasteiger partial charge in [-0.1, -0.05) is 11.8 Å². The maximum atomic E-state index is 9.87. The van der Waals surface area contributed by atoms with Gasteiger partial charge in [0.15, 0.2) is 13.1 Å². The molecule has 2 aromatic heterocycles. The molecule has 0 fully saturated rings. The van der Waals surface area contributed by atoms with Gasteiger partial charge in [0.05, 0.1) is 14.1 Å². The standard InChI is InChI=1S/C12H16N4.2F6P/c1-13-7-9-15(11-13)5-3-4-6-16-10-8-14(2)12-16;2*1-7(2,3,4,5)6/h7-12H,5-6H2,1-2H3;;/q+2;2*-1. The maximum absolute atomic E-state index is 10.7. The van der Waals surface area contributed by atoms with E-state index in [1.807, 2.05) is 60.7 Å². The Labute approximate surface area is 161 Å². The van der Waals surface area contributed by atoms with Crippen LogP contribution in [0.25, 0.3) is 0 Å². The van der Waals surface area contributed by atoms with E-state index < -0.39 is 15.6 Å². The fourth-order valence-corrected chi connectivity index (χ4v) is 1.48. The third kappa shape index (κ3) is 30.7. The molecular formula is C12H16F12N4P2. The molecule has 0 saturated heterocycles.